The average Bonchev–Trinajstić information content (AvgIpc) is 2.01. The van der Waals surface area contributed by atoms with Crippen molar-refractivity contribution in [1.82, 2.24) is 0 Å². The number of anilines is 1. The summed E-state index contributed by atoms with van der Waals surface area (Å²) in [5.41, 5.74) is 1.39. The number of nitro benzene ring substituents is 1. The Morgan fingerprint density at radius 1 is 1.43 bits per heavy atom. The normalized spacial score (nSPS) is 10.0. The first-order valence-electron chi connectivity index (χ1n) is 4.05. The Hall–Kier alpha value is -1.29. The van der Waals surface area contributed by atoms with Crippen LogP contribution in [0.25, 0.3) is 0 Å². The predicted octanol–water partition coefficient (Wildman–Crippen LogP) is 2.62. The van der Waals surface area contributed by atoms with E-state index in [0.29, 0.717) is 5.69 Å². The molecule has 0 spiro atoms. The highest BCUT2D eigenvalue weighted by atomic mass is 35.5. The first-order valence-corrected chi connectivity index (χ1v) is 4.43. The second-order valence-corrected chi connectivity index (χ2v) is 3.67. The molecule has 0 radical (unpaired) electrons. The highest BCUT2D eigenvalue weighted by Gasteiger charge is 2.20. The Labute approximate surface area is 87.2 Å². The van der Waals surface area contributed by atoms with Crippen molar-refractivity contribution in [3.63, 3.8) is 0 Å². The maximum absolute atomic E-state index is 10.8. The van der Waals surface area contributed by atoms with E-state index < -0.39 is 4.92 Å². The molecule has 76 valence electrons. The molecule has 0 saturated carbocycles. The summed E-state index contributed by atoms with van der Waals surface area (Å²) in [5, 5.41) is 10.9. The van der Waals surface area contributed by atoms with E-state index in [1.807, 2.05) is 6.92 Å². The van der Waals surface area contributed by atoms with Crippen molar-refractivity contribution < 1.29 is 4.92 Å². The van der Waals surface area contributed by atoms with Gasteiger partial charge in [-0.25, -0.2) is 0 Å². The van der Waals surface area contributed by atoms with Crippen LogP contribution in [-0.2, 0) is 0 Å². The standard InChI is InChI=1S/C9H11ClN2O2/c1-6-4-7(10)9(12(13)14)8(5-6)11(2)3/h4-5H,1-3H3. The van der Waals surface area contributed by atoms with Gasteiger partial charge < -0.3 is 4.90 Å². The summed E-state index contributed by atoms with van der Waals surface area (Å²) < 4.78 is 0. The Bertz CT molecular complexity index is 377. The third-order valence-electron chi connectivity index (χ3n) is 1.85. The lowest BCUT2D eigenvalue weighted by Crippen LogP contribution is -2.11. The van der Waals surface area contributed by atoms with Crippen molar-refractivity contribution in [3.8, 4) is 0 Å². The summed E-state index contributed by atoms with van der Waals surface area (Å²) in [5.74, 6) is 0. The van der Waals surface area contributed by atoms with Crippen LogP contribution in [-0.4, -0.2) is 19.0 Å². The van der Waals surface area contributed by atoms with Crippen molar-refractivity contribution in [2.75, 3.05) is 19.0 Å². The van der Waals surface area contributed by atoms with Crippen LogP contribution in [0.5, 0.6) is 0 Å². The minimum atomic E-state index is -0.461. The van der Waals surface area contributed by atoms with Crippen molar-refractivity contribution in [1.29, 1.82) is 0 Å². The summed E-state index contributed by atoms with van der Waals surface area (Å²) in [7, 11) is 3.50. The minimum Gasteiger partial charge on any atom is -0.372 e. The highest BCUT2D eigenvalue weighted by molar-refractivity contribution is 6.33. The molecule has 0 aromatic heterocycles. The van der Waals surface area contributed by atoms with Crippen molar-refractivity contribution >= 4 is 23.0 Å². The van der Waals surface area contributed by atoms with Gasteiger partial charge in [-0.15, -0.1) is 0 Å². The molecule has 0 aliphatic heterocycles. The average molecular weight is 215 g/mol. The van der Waals surface area contributed by atoms with Crippen LogP contribution < -0.4 is 4.90 Å². The van der Waals surface area contributed by atoms with Crippen LogP contribution in [0.2, 0.25) is 5.02 Å². The number of halogens is 1. The Morgan fingerprint density at radius 3 is 2.43 bits per heavy atom. The lowest BCUT2D eigenvalue weighted by molar-refractivity contribution is -0.383. The van der Waals surface area contributed by atoms with Gasteiger partial charge in [0.1, 0.15) is 10.7 Å². The Morgan fingerprint density at radius 2 is 2.00 bits per heavy atom. The van der Waals surface area contributed by atoms with Gasteiger partial charge in [-0.3, -0.25) is 10.1 Å². The number of hydrogen-bond donors (Lipinski definition) is 0. The first-order chi connectivity index (χ1) is 6.43. The van der Waals surface area contributed by atoms with E-state index in [0.717, 1.165) is 5.56 Å². The largest absolute Gasteiger partial charge is 0.372 e. The van der Waals surface area contributed by atoms with Crippen molar-refractivity contribution in [3.05, 3.63) is 32.8 Å². The summed E-state index contributed by atoms with van der Waals surface area (Å²) in [4.78, 5) is 12.0. The number of nitro groups is 1. The van der Waals surface area contributed by atoms with Crippen LogP contribution >= 0.6 is 11.6 Å². The molecule has 0 aliphatic rings. The Balaban J connectivity index is 3.44. The van der Waals surface area contributed by atoms with Crippen LogP contribution in [0.1, 0.15) is 5.56 Å². The summed E-state index contributed by atoms with van der Waals surface area (Å²) in [6, 6.07) is 3.33. The molecule has 0 atom stereocenters. The van der Waals surface area contributed by atoms with Gasteiger partial charge in [0.2, 0.25) is 0 Å². The summed E-state index contributed by atoms with van der Waals surface area (Å²) >= 11 is 5.81. The quantitative estimate of drug-likeness (QED) is 0.562. The van der Waals surface area contributed by atoms with Crippen LogP contribution in [0.15, 0.2) is 12.1 Å². The highest BCUT2D eigenvalue weighted by Crippen LogP contribution is 2.35. The molecule has 0 amide bonds. The predicted molar refractivity (Wildman–Crippen MR) is 57.2 cm³/mol. The molecule has 0 N–H and O–H groups in total. The molecule has 0 bridgehead atoms. The van der Waals surface area contributed by atoms with E-state index >= 15 is 0 Å². The second-order valence-electron chi connectivity index (χ2n) is 3.27. The lowest BCUT2D eigenvalue weighted by Gasteiger charge is -2.13. The maximum atomic E-state index is 10.8. The smallest absolute Gasteiger partial charge is 0.310 e. The third-order valence-corrected chi connectivity index (χ3v) is 2.14. The summed E-state index contributed by atoms with van der Waals surface area (Å²) in [6.45, 7) is 1.85. The fourth-order valence-electron chi connectivity index (χ4n) is 1.24. The second kappa shape index (κ2) is 3.84. The minimum absolute atomic E-state index is 0.0396. The van der Waals surface area contributed by atoms with E-state index in [-0.39, 0.29) is 10.7 Å². The van der Waals surface area contributed by atoms with E-state index in [1.165, 1.54) is 0 Å². The van der Waals surface area contributed by atoms with Gasteiger partial charge in [-0.05, 0) is 24.6 Å². The molecular formula is C9H11ClN2O2. The zero-order chi connectivity index (χ0) is 10.9. The van der Waals surface area contributed by atoms with Crippen LogP contribution in [0, 0.1) is 17.0 Å². The SMILES string of the molecule is Cc1cc(Cl)c([N+](=O)[O-])c(N(C)C)c1. The number of benzene rings is 1. The molecule has 0 saturated heterocycles. The maximum Gasteiger partial charge on any atom is 0.310 e. The van der Waals surface area contributed by atoms with E-state index in [4.69, 9.17) is 11.6 Å². The Kier molecular flexibility index (Phi) is 2.96. The summed E-state index contributed by atoms with van der Waals surface area (Å²) in [6.07, 6.45) is 0. The van der Waals surface area contributed by atoms with Crippen LogP contribution in [0.3, 0.4) is 0 Å². The molecule has 0 fully saturated rings. The molecule has 5 heteroatoms. The van der Waals surface area contributed by atoms with Gasteiger partial charge in [0.05, 0.1) is 4.92 Å². The number of nitrogens with zero attached hydrogens (tertiary/aromatic N) is 2. The molecule has 0 unspecified atom stereocenters. The van der Waals surface area contributed by atoms with Gasteiger partial charge in [0.15, 0.2) is 0 Å². The van der Waals surface area contributed by atoms with Crippen LogP contribution in [0.4, 0.5) is 11.4 Å². The van der Waals surface area contributed by atoms with E-state index in [2.05, 4.69) is 0 Å². The fourth-order valence-corrected chi connectivity index (χ4v) is 1.58. The van der Waals surface area contributed by atoms with Gasteiger partial charge in [0.25, 0.3) is 0 Å². The van der Waals surface area contributed by atoms with E-state index in [1.54, 1.807) is 31.1 Å². The monoisotopic (exact) mass is 214 g/mol. The first kappa shape index (κ1) is 10.8. The number of aryl methyl sites for hydroxylation is 1. The molecule has 1 rings (SSSR count). The van der Waals surface area contributed by atoms with Gasteiger partial charge in [0, 0.05) is 14.1 Å². The number of hydrogen-bond acceptors (Lipinski definition) is 3. The van der Waals surface area contributed by atoms with Crippen molar-refractivity contribution in [2.45, 2.75) is 6.92 Å². The zero-order valence-electron chi connectivity index (χ0n) is 8.24. The third kappa shape index (κ3) is 1.96. The molecule has 1 aromatic carbocycles. The van der Waals surface area contributed by atoms with Gasteiger partial charge >= 0.3 is 5.69 Å². The molecular weight excluding hydrogens is 204 g/mol. The van der Waals surface area contributed by atoms with Gasteiger partial charge in [-0.1, -0.05) is 11.6 Å². The topological polar surface area (TPSA) is 46.4 Å². The zero-order valence-corrected chi connectivity index (χ0v) is 9.00. The van der Waals surface area contributed by atoms with Gasteiger partial charge in [-0.2, -0.15) is 0 Å². The molecule has 1 aromatic rings. The lowest BCUT2D eigenvalue weighted by atomic mass is 10.2. The van der Waals surface area contributed by atoms with E-state index in [9.17, 15) is 10.1 Å². The number of rotatable bonds is 2. The molecule has 4 nitrogen and oxygen atoms in total. The molecule has 0 heterocycles. The molecule has 14 heavy (non-hydrogen) atoms. The fraction of sp³-hybridized carbons (Fsp3) is 0.333. The van der Waals surface area contributed by atoms with Crippen molar-refractivity contribution in [2.24, 2.45) is 0 Å². The molecule has 0 aliphatic carbocycles.